The highest BCUT2D eigenvalue weighted by molar-refractivity contribution is 7.98. The first-order valence-corrected chi connectivity index (χ1v) is 8.47. The molecule has 1 N–H and O–H groups in total. The molecule has 0 aromatic rings. The number of nitrogens with one attached hydrogen (secondary N) is 1. The monoisotopic (exact) mass is 258 g/mol. The van der Waals surface area contributed by atoms with E-state index in [1.54, 1.807) is 0 Å². The van der Waals surface area contributed by atoms with Gasteiger partial charge in [-0.3, -0.25) is 0 Å². The van der Waals surface area contributed by atoms with Gasteiger partial charge in [-0.05, 0) is 50.9 Å². The zero-order chi connectivity index (χ0) is 12.7. The smallest absolute Gasteiger partial charge is 0.0108 e. The van der Waals surface area contributed by atoms with Crippen LogP contribution in [-0.2, 0) is 0 Å². The Hall–Kier alpha value is 0.270. The van der Waals surface area contributed by atoms with Crippen LogP contribution >= 0.6 is 11.8 Å². The highest BCUT2D eigenvalue weighted by Crippen LogP contribution is 2.29. The zero-order valence-electron chi connectivity index (χ0n) is 12.0. The van der Waals surface area contributed by atoms with Gasteiger partial charge in [0.1, 0.15) is 0 Å². The van der Waals surface area contributed by atoms with Gasteiger partial charge in [-0.2, -0.15) is 11.8 Å². The van der Waals surface area contributed by atoms with Gasteiger partial charge in [-0.25, -0.2) is 0 Å². The fourth-order valence-electron chi connectivity index (χ4n) is 2.97. The SMILES string of the molecule is CCNC1CCC(C)CC1CN(C)CCSC. The van der Waals surface area contributed by atoms with Gasteiger partial charge < -0.3 is 10.2 Å². The summed E-state index contributed by atoms with van der Waals surface area (Å²) in [5.41, 5.74) is 0. The summed E-state index contributed by atoms with van der Waals surface area (Å²) in [5.74, 6) is 3.03. The summed E-state index contributed by atoms with van der Waals surface area (Å²) in [6.07, 6.45) is 6.37. The first kappa shape index (κ1) is 15.3. The molecule has 1 fully saturated rings. The molecule has 0 amide bonds. The molecule has 3 unspecified atom stereocenters. The molecule has 2 nitrogen and oxygen atoms in total. The van der Waals surface area contributed by atoms with Crippen molar-refractivity contribution in [2.24, 2.45) is 11.8 Å². The predicted octanol–water partition coefficient (Wildman–Crippen LogP) is 2.70. The van der Waals surface area contributed by atoms with E-state index in [4.69, 9.17) is 0 Å². The number of hydrogen-bond acceptors (Lipinski definition) is 3. The van der Waals surface area contributed by atoms with E-state index in [0.717, 1.165) is 24.4 Å². The summed E-state index contributed by atoms with van der Waals surface area (Å²) in [7, 11) is 2.28. The molecule has 0 aliphatic heterocycles. The third kappa shape index (κ3) is 5.62. The van der Waals surface area contributed by atoms with Crippen molar-refractivity contribution in [2.45, 2.75) is 39.2 Å². The van der Waals surface area contributed by atoms with E-state index in [1.165, 1.54) is 38.1 Å². The molecule has 0 spiro atoms. The lowest BCUT2D eigenvalue weighted by atomic mass is 9.78. The molecule has 1 aliphatic rings. The minimum Gasteiger partial charge on any atom is -0.314 e. The molecule has 1 rings (SSSR count). The van der Waals surface area contributed by atoms with E-state index in [1.807, 2.05) is 11.8 Å². The lowest BCUT2D eigenvalue weighted by molar-refractivity contribution is 0.165. The quantitative estimate of drug-likeness (QED) is 0.756. The fourth-order valence-corrected chi connectivity index (χ4v) is 3.46. The summed E-state index contributed by atoms with van der Waals surface area (Å²) >= 11 is 1.95. The van der Waals surface area contributed by atoms with Crippen LogP contribution in [0.2, 0.25) is 0 Å². The van der Waals surface area contributed by atoms with Crippen LogP contribution in [0.25, 0.3) is 0 Å². The van der Waals surface area contributed by atoms with Crippen molar-refractivity contribution >= 4 is 11.8 Å². The Morgan fingerprint density at radius 3 is 2.76 bits per heavy atom. The van der Waals surface area contributed by atoms with Crippen LogP contribution in [0, 0.1) is 11.8 Å². The molecule has 0 saturated heterocycles. The number of nitrogens with zero attached hydrogens (tertiary/aromatic N) is 1. The van der Waals surface area contributed by atoms with Crippen molar-refractivity contribution in [1.29, 1.82) is 0 Å². The average Bonchev–Trinajstić information content (AvgIpc) is 2.30. The summed E-state index contributed by atoms with van der Waals surface area (Å²) in [6.45, 7) is 8.25. The highest BCUT2D eigenvalue weighted by atomic mass is 32.2. The van der Waals surface area contributed by atoms with Crippen LogP contribution in [0.1, 0.15) is 33.1 Å². The molecule has 17 heavy (non-hydrogen) atoms. The third-order valence-corrected chi connectivity index (χ3v) is 4.53. The summed E-state index contributed by atoms with van der Waals surface area (Å²) in [5, 5.41) is 3.68. The van der Waals surface area contributed by atoms with Crippen LogP contribution in [0.4, 0.5) is 0 Å². The predicted molar refractivity (Wildman–Crippen MR) is 79.8 cm³/mol. The molecule has 0 bridgehead atoms. The molecule has 3 heteroatoms. The number of rotatable bonds is 7. The molecule has 102 valence electrons. The second kappa shape index (κ2) is 8.39. The molecular formula is C14H30N2S. The van der Waals surface area contributed by atoms with Gasteiger partial charge in [-0.15, -0.1) is 0 Å². The van der Waals surface area contributed by atoms with Crippen molar-refractivity contribution in [3.63, 3.8) is 0 Å². The van der Waals surface area contributed by atoms with E-state index in [0.29, 0.717) is 0 Å². The van der Waals surface area contributed by atoms with Crippen LogP contribution in [0.3, 0.4) is 0 Å². The van der Waals surface area contributed by atoms with E-state index >= 15 is 0 Å². The van der Waals surface area contributed by atoms with Crippen LogP contribution in [0.5, 0.6) is 0 Å². The van der Waals surface area contributed by atoms with Gasteiger partial charge >= 0.3 is 0 Å². The van der Waals surface area contributed by atoms with Crippen molar-refractivity contribution in [1.82, 2.24) is 10.2 Å². The van der Waals surface area contributed by atoms with Gasteiger partial charge in [0.25, 0.3) is 0 Å². The van der Waals surface area contributed by atoms with Gasteiger partial charge in [0.15, 0.2) is 0 Å². The Bertz CT molecular complexity index is 199. The lowest BCUT2D eigenvalue weighted by Gasteiger charge is -2.37. The second-order valence-corrected chi connectivity index (χ2v) is 6.58. The van der Waals surface area contributed by atoms with Crippen molar-refractivity contribution in [2.75, 3.05) is 38.7 Å². The topological polar surface area (TPSA) is 15.3 Å². The Morgan fingerprint density at radius 1 is 1.35 bits per heavy atom. The first-order chi connectivity index (χ1) is 8.17. The molecule has 1 aliphatic carbocycles. The second-order valence-electron chi connectivity index (χ2n) is 5.60. The first-order valence-electron chi connectivity index (χ1n) is 7.08. The molecule has 1 saturated carbocycles. The van der Waals surface area contributed by atoms with Gasteiger partial charge in [0.05, 0.1) is 0 Å². The maximum absolute atomic E-state index is 3.68. The standard InChI is InChI=1S/C14H30N2S/c1-5-15-14-7-6-12(2)10-13(14)11-16(3)8-9-17-4/h12-15H,5-11H2,1-4H3. The van der Waals surface area contributed by atoms with Crippen molar-refractivity contribution in [3.05, 3.63) is 0 Å². The molecule has 0 aromatic heterocycles. The molecule has 0 radical (unpaired) electrons. The average molecular weight is 258 g/mol. The Balaban J connectivity index is 2.39. The van der Waals surface area contributed by atoms with Crippen molar-refractivity contribution < 1.29 is 0 Å². The largest absolute Gasteiger partial charge is 0.314 e. The molecule has 0 heterocycles. The Morgan fingerprint density at radius 2 is 2.12 bits per heavy atom. The summed E-state index contributed by atoms with van der Waals surface area (Å²) in [6, 6.07) is 0.757. The third-order valence-electron chi connectivity index (χ3n) is 3.93. The number of thioether (sulfide) groups is 1. The maximum atomic E-state index is 3.68. The lowest BCUT2D eigenvalue weighted by Crippen LogP contribution is -2.45. The van der Waals surface area contributed by atoms with E-state index in [2.05, 4.69) is 37.4 Å². The normalized spacial score (nSPS) is 29.8. The van der Waals surface area contributed by atoms with Gasteiger partial charge in [-0.1, -0.05) is 13.8 Å². The fraction of sp³-hybridized carbons (Fsp3) is 1.00. The molecular weight excluding hydrogens is 228 g/mol. The summed E-state index contributed by atoms with van der Waals surface area (Å²) in [4.78, 5) is 2.52. The maximum Gasteiger partial charge on any atom is 0.0108 e. The minimum absolute atomic E-state index is 0.757. The van der Waals surface area contributed by atoms with Crippen molar-refractivity contribution in [3.8, 4) is 0 Å². The minimum atomic E-state index is 0.757. The van der Waals surface area contributed by atoms with Crippen LogP contribution in [-0.4, -0.2) is 49.6 Å². The number of hydrogen-bond donors (Lipinski definition) is 1. The zero-order valence-corrected chi connectivity index (χ0v) is 12.9. The molecule has 0 aromatic carbocycles. The van der Waals surface area contributed by atoms with Gasteiger partial charge in [0.2, 0.25) is 0 Å². The molecule has 3 atom stereocenters. The highest BCUT2D eigenvalue weighted by Gasteiger charge is 2.28. The van der Waals surface area contributed by atoms with E-state index in [-0.39, 0.29) is 0 Å². The Labute approximate surface area is 112 Å². The van der Waals surface area contributed by atoms with Crippen LogP contribution < -0.4 is 5.32 Å². The Kier molecular flexibility index (Phi) is 7.56. The van der Waals surface area contributed by atoms with Gasteiger partial charge in [0, 0.05) is 24.9 Å². The van der Waals surface area contributed by atoms with E-state index in [9.17, 15) is 0 Å². The van der Waals surface area contributed by atoms with Crippen LogP contribution in [0.15, 0.2) is 0 Å². The van der Waals surface area contributed by atoms with E-state index < -0.39 is 0 Å². The summed E-state index contributed by atoms with van der Waals surface area (Å²) < 4.78 is 0.